The highest BCUT2D eigenvalue weighted by atomic mass is 35.5. The Hall–Kier alpha value is -1.43. The minimum absolute atomic E-state index is 0.118. The molecule has 106 valence electrons. The number of hydrogen-bond acceptors (Lipinski definition) is 3. The lowest BCUT2D eigenvalue weighted by Gasteiger charge is -2.35. The van der Waals surface area contributed by atoms with Crippen molar-refractivity contribution in [3.05, 3.63) is 52.6 Å². The van der Waals surface area contributed by atoms with Crippen molar-refractivity contribution in [2.24, 2.45) is 0 Å². The molecule has 2 aromatic rings. The molecule has 0 spiro atoms. The minimum atomic E-state index is -0.314. The van der Waals surface area contributed by atoms with Crippen molar-refractivity contribution in [1.29, 1.82) is 0 Å². The summed E-state index contributed by atoms with van der Waals surface area (Å²) in [6.45, 7) is 2.76. The predicted octanol–water partition coefficient (Wildman–Crippen LogP) is 2.78. The summed E-state index contributed by atoms with van der Waals surface area (Å²) in [5, 5.41) is 7.43. The SMILES string of the molecule is Fc1ccc(CN2CCOC[C@@H]2c2ccn[nH]2)c(Cl)c1. The summed E-state index contributed by atoms with van der Waals surface area (Å²) in [5.74, 6) is -0.314. The van der Waals surface area contributed by atoms with E-state index in [4.69, 9.17) is 16.3 Å². The summed E-state index contributed by atoms with van der Waals surface area (Å²) >= 11 is 6.10. The fourth-order valence-corrected chi connectivity index (χ4v) is 2.66. The van der Waals surface area contributed by atoms with Crippen molar-refractivity contribution >= 4 is 11.6 Å². The van der Waals surface area contributed by atoms with E-state index in [0.29, 0.717) is 24.8 Å². The summed E-state index contributed by atoms with van der Waals surface area (Å²) in [6, 6.07) is 6.58. The van der Waals surface area contributed by atoms with E-state index in [9.17, 15) is 4.39 Å². The van der Waals surface area contributed by atoms with Gasteiger partial charge in [0, 0.05) is 24.3 Å². The van der Waals surface area contributed by atoms with Gasteiger partial charge in [0.1, 0.15) is 5.82 Å². The van der Waals surface area contributed by atoms with Crippen LogP contribution in [0.4, 0.5) is 4.39 Å². The third-order valence-corrected chi connectivity index (χ3v) is 3.86. The quantitative estimate of drug-likeness (QED) is 0.947. The first-order valence-corrected chi connectivity index (χ1v) is 6.87. The van der Waals surface area contributed by atoms with Crippen LogP contribution in [0.1, 0.15) is 17.3 Å². The lowest BCUT2D eigenvalue weighted by atomic mass is 10.1. The maximum Gasteiger partial charge on any atom is 0.124 e. The van der Waals surface area contributed by atoms with Crippen molar-refractivity contribution in [2.75, 3.05) is 19.8 Å². The van der Waals surface area contributed by atoms with E-state index in [1.165, 1.54) is 12.1 Å². The van der Waals surface area contributed by atoms with E-state index in [2.05, 4.69) is 15.1 Å². The molecule has 1 atom stereocenters. The van der Waals surface area contributed by atoms with E-state index < -0.39 is 0 Å². The number of hydrogen-bond donors (Lipinski definition) is 1. The van der Waals surface area contributed by atoms with Crippen LogP contribution in [-0.4, -0.2) is 34.9 Å². The first kappa shape index (κ1) is 13.5. The molecule has 1 fully saturated rings. The Bertz CT molecular complexity index is 576. The van der Waals surface area contributed by atoms with Crippen LogP contribution < -0.4 is 0 Å². The Morgan fingerprint density at radius 2 is 2.35 bits per heavy atom. The van der Waals surface area contributed by atoms with Gasteiger partial charge in [0.05, 0.1) is 24.9 Å². The van der Waals surface area contributed by atoms with E-state index in [0.717, 1.165) is 17.8 Å². The molecule has 1 aliphatic rings. The summed E-state index contributed by atoms with van der Waals surface area (Å²) in [7, 11) is 0. The Morgan fingerprint density at radius 1 is 1.45 bits per heavy atom. The van der Waals surface area contributed by atoms with E-state index in [-0.39, 0.29) is 11.9 Å². The second kappa shape index (κ2) is 5.91. The Balaban J connectivity index is 1.80. The van der Waals surface area contributed by atoms with Crippen LogP contribution in [0.15, 0.2) is 30.5 Å². The first-order chi connectivity index (χ1) is 9.74. The third kappa shape index (κ3) is 2.85. The number of aromatic amines is 1. The highest BCUT2D eigenvalue weighted by Crippen LogP contribution is 2.27. The van der Waals surface area contributed by atoms with Gasteiger partial charge in [-0.3, -0.25) is 10.00 Å². The highest BCUT2D eigenvalue weighted by molar-refractivity contribution is 6.31. The molecule has 0 amide bonds. The molecule has 4 nitrogen and oxygen atoms in total. The van der Waals surface area contributed by atoms with Crippen LogP contribution >= 0.6 is 11.6 Å². The van der Waals surface area contributed by atoms with Crippen molar-refractivity contribution in [3.8, 4) is 0 Å². The van der Waals surface area contributed by atoms with Crippen LogP contribution in [0.2, 0.25) is 5.02 Å². The van der Waals surface area contributed by atoms with Gasteiger partial charge in [0.25, 0.3) is 0 Å². The summed E-state index contributed by atoms with van der Waals surface area (Å²) in [5.41, 5.74) is 1.93. The molecule has 1 aromatic heterocycles. The largest absolute Gasteiger partial charge is 0.378 e. The normalized spacial score (nSPS) is 20.2. The maximum absolute atomic E-state index is 13.1. The lowest BCUT2D eigenvalue weighted by molar-refractivity contribution is -0.0142. The molecule has 0 radical (unpaired) electrons. The van der Waals surface area contributed by atoms with E-state index in [1.807, 2.05) is 6.07 Å². The molecule has 3 rings (SSSR count). The van der Waals surface area contributed by atoms with Crippen molar-refractivity contribution in [3.63, 3.8) is 0 Å². The number of halogens is 2. The molecule has 0 saturated carbocycles. The summed E-state index contributed by atoms with van der Waals surface area (Å²) in [6.07, 6.45) is 1.73. The molecule has 1 aromatic carbocycles. The van der Waals surface area contributed by atoms with Gasteiger partial charge in [0.15, 0.2) is 0 Å². The topological polar surface area (TPSA) is 41.1 Å². The molecule has 0 unspecified atom stereocenters. The van der Waals surface area contributed by atoms with Crippen LogP contribution in [0, 0.1) is 5.82 Å². The van der Waals surface area contributed by atoms with Crippen molar-refractivity contribution in [1.82, 2.24) is 15.1 Å². The molecule has 1 saturated heterocycles. The second-order valence-corrected chi connectivity index (χ2v) is 5.22. The molecule has 0 aliphatic carbocycles. The third-order valence-electron chi connectivity index (χ3n) is 3.51. The molecule has 2 heterocycles. The van der Waals surface area contributed by atoms with Gasteiger partial charge >= 0.3 is 0 Å². The summed E-state index contributed by atoms with van der Waals surface area (Å²) in [4.78, 5) is 2.26. The molecule has 1 N–H and O–H groups in total. The van der Waals surface area contributed by atoms with Gasteiger partial charge in [-0.1, -0.05) is 17.7 Å². The second-order valence-electron chi connectivity index (χ2n) is 4.81. The van der Waals surface area contributed by atoms with Gasteiger partial charge in [-0.2, -0.15) is 5.10 Å². The van der Waals surface area contributed by atoms with Gasteiger partial charge in [-0.25, -0.2) is 4.39 Å². The number of benzene rings is 1. The predicted molar refractivity (Wildman–Crippen MR) is 74.0 cm³/mol. The average molecular weight is 296 g/mol. The number of nitrogens with zero attached hydrogens (tertiary/aromatic N) is 2. The fraction of sp³-hybridized carbons (Fsp3) is 0.357. The van der Waals surface area contributed by atoms with Gasteiger partial charge in [0.2, 0.25) is 0 Å². The standard InChI is InChI=1S/C14H15ClFN3O/c15-12-7-11(16)2-1-10(12)8-19-5-6-20-9-14(19)13-3-4-17-18-13/h1-4,7,14H,5-6,8-9H2,(H,17,18)/t14-/m1/s1. The van der Waals surface area contributed by atoms with Crippen molar-refractivity contribution in [2.45, 2.75) is 12.6 Å². The van der Waals surface area contributed by atoms with Gasteiger partial charge in [-0.05, 0) is 23.8 Å². The molecule has 6 heteroatoms. The summed E-state index contributed by atoms with van der Waals surface area (Å²) < 4.78 is 18.6. The molecular formula is C14H15ClFN3O. The number of aromatic nitrogens is 2. The zero-order valence-corrected chi connectivity index (χ0v) is 11.6. The number of morpholine rings is 1. The molecule has 1 aliphatic heterocycles. The van der Waals surface area contributed by atoms with E-state index >= 15 is 0 Å². The molecule has 0 bridgehead atoms. The fourth-order valence-electron chi connectivity index (χ4n) is 2.43. The lowest BCUT2D eigenvalue weighted by Crippen LogP contribution is -2.39. The Kier molecular flexibility index (Phi) is 4.00. The highest BCUT2D eigenvalue weighted by Gasteiger charge is 2.26. The molecular weight excluding hydrogens is 281 g/mol. The first-order valence-electron chi connectivity index (χ1n) is 6.49. The van der Waals surface area contributed by atoms with Crippen LogP contribution in [0.5, 0.6) is 0 Å². The van der Waals surface area contributed by atoms with Crippen LogP contribution in [0.25, 0.3) is 0 Å². The zero-order valence-electron chi connectivity index (χ0n) is 10.9. The monoisotopic (exact) mass is 295 g/mol. The van der Waals surface area contributed by atoms with E-state index in [1.54, 1.807) is 12.3 Å². The van der Waals surface area contributed by atoms with Gasteiger partial charge in [-0.15, -0.1) is 0 Å². The smallest absolute Gasteiger partial charge is 0.124 e. The van der Waals surface area contributed by atoms with Crippen LogP contribution in [0.3, 0.4) is 0 Å². The number of rotatable bonds is 3. The molecule has 20 heavy (non-hydrogen) atoms. The number of ether oxygens (including phenoxy) is 1. The Labute approximate surface area is 121 Å². The number of nitrogens with one attached hydrogen (secondary N) is 1. The average Bonchev–Trinajstić information content (AvgIpc) is 2.96. The minimum Gasteiger partial charge on any atom is -0.378 e. The number of H-pyrrole nitrogens is 1. The maximum atomic E-state index is 13.1. The van der Waals surface area contributed by atoms with Crippen LogP contribution in [-0.2, 0) is 11.3 Å². The van der Waals surface area contributed by atoms with Crippen molar-refractivity contribution < 1.29 is 9.13 Å². The zero-order chi connectivity index (χ0) is 13.9. The Morgan fingerprint density at radius 3 is 3.10 bits per heavy atom. The van der Waals surface area contributed by atoms with Gasteiger partial charge < -0.3 is 4.74 Å².